The third kappa shape index (κ3) is 3.23. The molecule has 0 saturated heterocycles. The summed E-state index contributed by atoms with van der Waals surface area (Å²) >= 11 is 0. The molecule has 2 heteroatoms. The van der Waals surface area contributed by atoms with Crippen LogP contribution in [0.4, 0.5) is 0 Å². The first kappa shape index (κ1) is 11.4. The molecule has 2 nitrogen and oxygen atoms in total. The highest BCUT2D eigenvalue weighted by molar-refractivity contribution is 5.05. The summed E-state index contributed by atoms with van der Waals surface area (Å²) in [5.74, 6) is 0. The second kappa shape index (κ2) is 3.45. The minimum atomic E-state index is -0.335. The third-order valence-corrected chi connectivity index (χ3v) is 2.10. The van der Waals surface area contributed by atoms with Gasteiger partial charge in [-0.2, -0.15) is 5.26 Å². The van der Waals surface area contributed by atoms with Crippen LogP contribution in [0.3, 0.4) is 0 Å². The summed E-state index contributed by atoms with van der Waals surface area (Å²) < 4.78 is 0. The van der Waals surface area contributed by atoms with Gasteiger partial charge in [-0.05, 0) is 32.9 Å². The molecule has 0 saturated carbocycles. The molecule has 0 aliphatic heterocycles. The molecule has 0 heterocycles. The molecule has 0 bridgehead atoms. The van der Waals surface area contributed by atoms with Crippen LogP contribution in [0.1, 0.15) is 34.1 Å². The first-order chi connectivity index (χ1) is 5.21. The highest BCUT2D eigenvalue weighted by Gasteiger charge is 2.31. The van der Waals surface area contributed by atoms with Crippen LogP contribution in [-0.4, -0.2) is 24.5 Å². The minimum absolute atomic E-state index is 0.203. The number of hydrogen-bond donors (Lipinski definition) is 0. The Morgan fingerprint density at radius 1 is 1.17 bits per heavy atom. The van der Waals surface area contributed by atoms with Gasteiger partial charge in [-0.25, -0.2) is 0 Å². The van der Waals surface area contributed by atoms with E-state index in [1.54, 1.807) is 0 Å². The molecule has 1 atom stereocenters. The van der Waals surface area contributed by atoms with Crippen molar-refractivity contribution in [2.45, 2.75) is 39.7 Å². The quantitative estimate of drug-likeness (QED) is 0.632. The maximum absolute atomic E-state index is 9.03. The van der Waals surface area contributed by atoms with E-state index in [0.717, 1.165) is 6.42 Å². The van der Waals surface area contributed by atoms with Gasteiger partial charge in [0, 0.05) is 0 Å². The summed E-state index contributed by atoms with van der Waals surface area (Å²) in [4.78, 5) is 1.98. The molecule has 0 fully saturated rings. The Morgan fingerprint density at radius 3 is 1.67 bits per heavy atom. The smallest absolute Gasteiger partial charge is 0.106 e. The summed E-state index contributed by atoms with van der Waals surface area (Å²) in [6.45, 7) is 8.46. The Hall–Kier alpha value is -0.550. The number of hydrogen-bond acceptors (Lipinski definition) is 2. The summed E-state index contributed by atoms with van der Waals surface area (Å²) in [7, 11) is 3.91. The molecule has 0 radical (unpaired) electrons. The van der Waals surface area contributed by atoms with Crippen LogP contribution >= 0.6 is 0 Å². The molecule has 12 heavy (non-hydrogen) atoms. The van der Waals surface area contributed by atoms with E-state index in [1.807, 2.05) is 25.9 Å². The number of nitrogens with zero attached hydrogens (tertiary/aromatic N) is 2. The maximum Gasteiger partial charge on any atom is 0.106 e. The van der Waals surface area contributed by atoms with Crippen molar-refractivity contribution in [1.29, 1.82) is 5.26 Å². The number of nitriles is 1. The van der Waals surface area contributed by atoms with Crippen molar-refractivity contribution in [1.82, 2.24) is 4.90 Å². The Bertz CT molecular complexity index is 183. The summed E-state index contributed by atoms with van der Waals surface area (Å²) in [5.41, 5.74) is -0.132. The molecule has 0 aromatic carbocycles. The fraction of sp³-hybridized carbons (Fsp3) is 0.900. The molecule has 0 amide bonds. The topological polar surface area (TPSA) is 27.0 Å². The molecule has 0 spiro atoms. The van der Waals surface area contributed by atoms with Crippen molar-refractivity contribution in [2.75, 3.05) is 14.1 Å². The van der Waals surface area contributed by atoms with Crippen LogP contribution in [0.2, 0.25) is 0 Å². The van der Waals surface area contributed by atoms with Crippen molar-refractivity contribution in [2.24, 2.45) is 5.41 Å². The fourth-order valence-electron chi connectivity index (χ4n) is 1.33. The van der Waals surface area contributed by atoms with Crippen molar-refractivity contribution in [3.8, 4) is 6.07 Å². The zero-order valence-electron chi connectivity index (χ0n) is 9.10. The molecule has 0 aromatic heterocycles. The average molecular weight is 168 g/mol. The van der Waals surface area contributed by atoms with Gasteiger partial charge in [0.25, 0.3) is 0 Å². The van der Waals surface area contributed by atoms with Gasteiger partial charge >= 0.3 is 0 Å². The first-order valence-electron chi connectivity index (χ1n) is 4.30. The van der Waals surface area contributed by atoms with E-state index >= 15 is 0 Å². The van der Waals surface area contributed by atoms with Crippen molar-refractivity contribution < 1.29 is 0 Å². The van der Waals surface area contributed by atoms with Gasteiger partial charge in [0.1, 0.15) is 5.54 Å². The minimum Gasteiger partial charge on any atom is -0.292 e. The molecule has 0 aromatic rings. The maximum atomic E-state index is 9.03. The molecular weight excluding hydrogens is 148 g/mol. The molecular formula is C10H20N2. The van der Waals surface area contributed by atoms with Gasteiger partial charge in [0.15, 0.2) is 0 Å². The van der Waals surface area contributed by atoms with E-state index in [0.29, 0.717) is 0 Å². The van der Waals surface area contributed by atoms with Crippen LogP contribution in [-0.2, 0) is 0 Å². The lowest BCUT2D eigenvalue weighted by Gasteiger charge is -2.35. The Balaban J connectivity index is 4.49. The zero-order valence-corrected chi connectivity index (χ0v) is 9.10. The zero-order chi connectivity index (χ0) is 9.99. The molecule has 1 unspecified atom stereocenters. The van der Waals surface area contributed by atoms with Crippen molar-refractivity contribution >= 4 is 0 Å². The third-order valence-electron chi connectivity index (χ3n) is 2.10. The van der Waals surface area contributed by atoms with E-state index in [2.05, 4.69) is 26.8 Å². The van der Waals surface area contributed by atoms with Crippen molar-refractivity contribution in [3.63, 3.8) is 0 Å². The largest absolute Gasteiger partial charge is 0.292 e. The first-order valence-corrected chi connectivity index (χ1v) is 4.30. The predicted molar refractivity (Wildman–Crippen MR) is 51.8 cm³/mol. The monoisotopic (exact) mass is 168 g/mol. The molecule has 0 aliphatic carbocycles. The Labute approximate surface area is 76.2 Å². The summed E-state index contributed by atoms with van der Waals surface area (Å²) in [6.07, 6.45) is 0.892. The van der Waals surface area contributed by atoms with Crippen molar-refractivity contribution in [3.05, 3.63) is 0 Å². The standard InChI is InChI=1S/C10H20N2/c1-9(2,3)7-10(4,8-11)12(5)6/h7H2,1-6H3. The van der Waals surface area contributed by atoms with E-state index in [1.165, 1.54) is 0 Å². The van der Waals surface area contributed by atoms with Crippen LogP contribution in [0.25, 0.3) is 0 Å². The average Bonchev–Trinajstić information content (AvgIpc) is 1.83. The van der Waals surface area contributed by atoms with Gasteiger partial charge in [0.05, 0.1) is 6.07 Å². The van der Waals surface area contributed by atoms with E-state index in [-0.39, 0.29) is 11.0 Å². The second-order valence-corrected chi connectivity index (χ2v) is 5.02. The highest BCUT2D eigenvalue weighted by atomic mass is 15.1. The Kier molecular flexibility index (Phi) is 3.29. The molecule has 70 valence electrons. The van der Waals surface area contributed by atoms with E-state index in [4.69, 9.17) is 5.26 Å². The van der Waals surface area contributed by atoms with Gasteiger partial charge in [-0.1, -0.05) is 20.8 Å². The lowest BCUT2D eigenvalue weighted by Crippen LogP contribution is -2.42. The van der Waals surface area contributed by atoms with Crippen LogP contribution in [0.15, 0.2) is 0 Å². The summed E-state index contributed by atoms with van der Waals surface area (Å²) in [5, 5.41) is 9.03. The number of rotatable bonds is 2. The van der Waals surface area contributed by atoms with E-state index < -0.39 is 0 Å². The Morgan fingerprint density at radius 2 is 1.58 bits per heavy atom. The fourth-order valence-corrected chi connectivity index (χ4v) is 1.33. The molecule has 0 rings (SSSR count). The van der Waals surface area contributed by atoms with Gasteiger partial charge in [-0.15, -0.1) is 0 Å². The van der Waals surface area contributed by atoms with Crippen LogP contribution in [0, 0.1) is 16.7 Å². The SMILES string of the molecule is CN(C)C(C)(C#N)CC(C)(C)C. The second-order valence-electron chi connectivity index (χ2n) is 5.02. The predicted octanol–water partition coefficient (Wildman–Crippen LogP) is 2.27. The van der Waals surface area contributed by atoms with Gasteiger partial charge < -0.3 is 0 Å². The molecule has 0 aliphatic rings. The molecule has 0 N–H and O–H groups in total. The normalized spacial score (nSPS) is 17.2. The van der Waals surface area contributed by atoms with Gasteiger partial charge in [0.2, 0.25) is 0 Å². The van der Waals surface area contributed by atoms with E-state index in [9.17, 15) is 0 Å². The lowest BCUT2D eigenvalue weighted by atomic mass is 9.81. The van der Waals surface area contributed by atoms with Crippen LogP contribution in [0.5, 0.6) is 0 Å². The van der Waals surface area contributed by atoms with Gasteiger partial charge in [-0.3, -0.25) is 4.90 Å². The van der Waals surface area contributed by atoms with Crippen LogP contribution < -0.4 is 0 Å². The summed E-state index contributed by atoms with van der Waals surface area (Å²) in [6, 6.07) is 2.36. The highest BCUT2D eigenvalue weighted by Crippen LogP contribution is 2.29. The lowest BCUT2D eigenvalue weighted by molar-refractivity contribution is 0.164.